The molecule has 0 aromatic heterocycles. The van der Waals surface area contributed by atoms with Crippen molar-refractivity contribution in [1.82, 2.24) is 10.6 Å². The fourth-order valence-corrected chi connectivity index (χ4v) is 2.52. The van der Waals surface area contributed by atoms with Gasteiger partial charge in [0.2, 0.25) is 0 Å². The Labute approximate surface area is 120 Å². The number of carboxylic acids is 1. The first-order chi connectivity index (χ1) is 9.65. The van der Waals surface area contributed by atoms with E-state index in [1.54, 1.807) is 0 Å². The van der Waals surface area contributed by atoms with Gasteiger partial charge in [-0.25, -0.2) is 4.79 Å². The highest BCUT2D eigenvalue weighted by molar-refractivity contribution is 5.76. The van der Waals surface area contributed by atoms with Crippen LogP contribution in [0.5, 0.6) is 0 Å². The van der Waals surface area contributed by atoms with Crippen molar-refractivity contribution in [1.29, 1.82) is 0 Å². The van der Waals surface area contributed by atoms with E-state index in [1.165, 1.54) is 0 Å². The van der Waals surface area contributed by atoms with Gasteiger partial charge in [0, 0.05) is 25.8 Å². The predicted molar refractivity (Wildman–Crippen MR) is 75.6 cm³/mol. The van der Waals surface area contributed by atoms with Crippen molar-refractivity contribution in [2.45, 2.75) is 51.5 Å². The van der Waals surface area contributed by atoms with E-state index in [2.05, 4.69) is 10.6 Å². The summed E-state index contributed by atoms with van der Waals surface area (Å²) < 4.78 is 5.18. The van der Waals surface area contributed by atoms with Crippen LogP contribution in [0.25, 0.3) is 0 Å². The Morgan fingerprint density at radius 2 is 2.00 bits per heavy atom. The maximum atomic E-state index is 11.8. The Morgan fingerprint density at radius 3 is 2.70 bits per heavy atom. The van der Waals surface area contributed by atoms with E-state index in [0.29, 0.717) is 26.2 Å². The van der Waals surface area contributed by atoms with Crippen LogP contribution in [0.3, 0.4) is 0 Å². The molecule has 0 saturated heterocycles. The van der Waals surface area contributed by atoms with Crippen molar-refractivity contribution in [3.05, 3.63) is 0 Å². The second-order valence-electron chi connectivity index (χ2n) is 5.14. The van der Waals surface area contributed by atoms with E-state index in [0.717, 1.165) is 32.1 Å². The number of rotatable bonds is 7. The average molecular weight is 286 g/mol. The maximum absolute atomic E-state index is 11.8. The van der Waals surface area contributed by atoms with Crippen molar-refractivity contribution in [2.24, 2.45) is 5.92 Å². The molecule has 0 bridgehead atoms. The van der Waals surface area contributed by atoms with Gasteiger partial charge in [-0.1, -0.05) is 19.3 Å². The van der Waals surface area contributed by atoms with Gasteiger partial charge in [-0.3, -0.25) is 4.79 Å². The fraction of sp³-hybridized carbons (Fsp3) is 0.857. The number of nitrogens with one attached hydrogen (secondary N) is 2. The molecule has 6 heteroatoms. The molecule has 3 N–H and O–H groups in total. The summed E-state index contributed by atoms with van der Waals surface area (Å²) in [6.07, 6.45) is 5.07. The van der Waals surface area contributed by atoms with Gasteiger partial charge in [-0.2, -0.15) is 0 Å². The SMILES string of the molecule is CCOCCCNC(=O)NC1CCCCCC1C(=O)O. The average Bonchev–Trinajstić information content (AvgIpc) is 2.64. The van der Waals surface area contributed by atoms with Crippen LogP contribution in [0.1, 0.15) is 45.4 Å². The van der Waals surface area contributed by atoms with Crippen LogP contribution >= 0.6 is 0 Å². The summed E-state index contributed by atoms with van der Waals surface area (Å²) >= 11 is 0. The molecular weight excluding hydrogens is 260 g/mol. The van der Waals surface area contributed by atoms with Crippen molar-refractivity contribution >= 4 is 12.0 Å². The van der Waals surface area contributed by atoms with E-state index in [9.17, 15) is 14.7 Å². The largest absolute Gasteiger partial charge is 0.481 e. The molecule has 1 aliphatic rings. The number of carbonyl (C=O) groups excluding carboxylic acids is 1. The first-order valence-electron chi connectivity index (χ1n) is 7.50. The second-order valence-corrected chi connectivity index (χ2v) is 5.14. The molecule has 116 valence electrons. The molecule has 0 heterocycles. The van der Waals surface area contributed by atoms with E-state index < -0.39 is 11.9 Å². The monoisotopic (exact) mass is 286 g/mol. The molecule has 0 radical (unpaired) electrons. The zero-order valence-corrected chi connectivity index (χ0v) is 12.2. The van der Waals surface area contributed by atoms with E-state index in [1.807, 2.05) is 6.92 Å². The second kappa shape index (κ2) is 9.58. The Hall–Kier alpha value is -1.30. The van der Waals surface area contributed by atoms with E-state index in [4.69, 9.17) is 4.74 Å². The Kier molecular flexibility index (Phi) is 8.02. The lowest BCUT2D eigenvalue weighted by Gasteiger charge is -2.23. The molecular formula is C14H26N2O4. The lowest BCUT2D eigenvalue weighted by Crippen LogP contribution is -2.47. The molecule has 1 saturated carbocycles. The zero-order valence-electron chi connectivity index (χ0n) is 12.2. The van der Waals surface area contributed by atoms with Crippen molar-refractivity contribution in [3.8, 4) is 0 Å². The summed E-state index contributed by atoms with van der Waals surface area (Å²) in [5.74, 6) is -1.28. The Balaban J connectivity index is 2.31. The lowest BCUT2D eigenvalue weighted by molar-refractivity contribution is -0.142. The third kappa shape index (κ3) is 6.23. The summed E-state index contributed by atoms with van der Waals surface area (Å²) in [6, 6.07) is -0.540. The van der Waals surface area contributed by atoms with Crippen LogP contribution in [0.4, 0.5) is 4.79 Å². The molecule has 1 rings (SSSR count). The van der Waals surface area contributed by atoms with Gasteiger partial charge < -0.3 is 20.5 Å². The normalized spacial score (nSPS) is 22.9. The molecule has 2 unspecified atom stereocenters. The molecule has 1 fully saturated rings. The fourth-order valence-electron chi connectivity index (χ4n) is 2.52. The highest BCUT2D eigenvalue weighted by Gasteiger charge is 2.30. The van der Waals surface area contributed by atoms with E-state index in [-0.39, 0.29) is 12.1 Å². The number of aliphatic carboxylic acids is 1. The van der Waals surface area contributed by atoms with Gasteiger partial charge in [-0.15, -0.1) is 0 Å². The van der Waals surface area contributed by atoms with Gasteiger partial charge in [0.05, 0.1) is 5.92 Å². The van der Waals surface area contributed by atoms with E-state index >= 15 is 0 Å². The van der Waals surface area contributed by atoms with Gasteiger partial charge in [0.15, 0.2) is 0 Å². The highest BCUT2D eigenvalue weighted by atomic mass is 16.5. The minimum Gasteiger partial charge on any atom is -0.481 e. The molecule has 0 aromatic carbocycles. The molecule has 6 nitrogen and oxygen atoms in total. The van der Waals surface area contributed by atoms with Gasteiger partial charge in [-0.05, 0) is 26.2 Å². The Morgan fingerprint density at radius 1 is 1.25 bits per heavy atom. The summed E-state index contributed by atoms with van der Waals surface area (Å²) in [5, 5.41) is 14.8. The lowest BCUT2D eigenvalue weighted by atomic mass is 9.95. The van der Waals surface area contributed by atoms with Crippen LogP contribution in [-0.4, -0.2) is 42.9 Å². The minimum atomic E-state index is -0.812. The maximum Gasteiger partial charge on any atom is 0.315 e. The molecule has 0 aromatic rings. The molecule has 2 amide bonds. The third-order valence-electron chi connectivity index (χ3n) is 3.60. The minimum absolute atomic E-state index is 0.262. The molecule has 2 atom stereocenters. The number of hydrogen-bond donors (Lipinski definition) is 3. The summed E-state index contributed by atoms with van der Waals surface area (Å²) in [6.45, 7) is 3.76. The van der Waals surface area contributed by atoms with Gasteiger partial charge in [0.1, 0.15) is 0 Å². The highest BCUT2D eigenvalue weighted by Crippen LogP contribution is 2.23. The summed E-state index contributed by atoms with van der Waals surface area (Å²) in [4.78, 5) is 23.0. The first-order valence-corrected chi connectivity index (χ1v) is 7.50. The number of ether oxygens (including phenoxy) is 1. The number of amides is 2. The standard InChI is InChI=1S/C14H26N2O4/c1-2-20-10-6-9-15-14(19)16-12-8-5-3-4-7-11(12)13(17)18/h11-12H,2-10H2,1H3,(H,17,18)(H2,15,16,19). The van der Waals surface area contributed by atoms with Gasteiger partial charge >= 0.3 is 12.0 Å². The number of carboxylic acid groups (broad SMARTS) is 1. The predicted octanol–water partition coefficient (Wildman–Crippen LogP) is 1.75. The van der Waals surface area contributed by atoms with Crippen LogP contribution in [0, 0.1) is 5.92 Å². The first kappa shape index (κ1) is 16.8. The summed E-state index contributed by atoms with van der Waals surface area (Å²) in [5.41, 5.74) is 0. The number of urea groups is 1. The zero-order chi connectivity index (χ0) is 14.8. The van der Waals surface area contributed by atoms with Crippen LogP contribution in [-0.2, 0) is 9.53 Å². The van der Waals surface area contributed by atoms with Gasteiger partial charge in [0.25, 0.3) is 0 Å². The topological polar surface area (TPSA) is 87.7 Å². The summed E-state index contributed by atoms with van der Waals surface area (Å²) in [7, 11) is 0. The van der Waals surface area contributed by atoms with Crippen LogP contribution < -0.4 is 10.6 Å². The number of carbonyl (C=O) groups is 2. The number of hydrogen-bond acceptors (Lipinski definition) is 3. The van der Waals surface area contributed by atoms with Crippen molar-refractivity contribution in [2.75, 3.05) is 19.8 Å². The van der Waals surface area contributed by atoms with Crippen LogP contribution in [0.15, 0.2) is 0 Å². The molecule has 0 aliphatic heterocycles. The molecule has 0 spiro atoms. The Bertz CT molecular complexity index is 310. The smallest absolute Gasteiger partial charge is 0.315 e. The molecule has 20 heavy (non-hydrogen) atoms. The van der Waals surface area contributed by atoms with Crippen molar-refractivity contribution < 1.29 is 19.4 Å². The van der Waals surface area contributed by atoms with Crippen LogP contribution in [0.2, 0.25) is 0 Å². The van der Waals surface area contributed by atoms with Crippen molar-refractivity contribution in [3.63, 3.8) is 0 Å². The quantitative estimate of drug-likeness (QED) is 0.491. The third-order valence-corrected chi connectivity index (χ3v) is 3.60. The molecule has 1 aliphatic carbocycles.